The molecule has 0 aliphatic carbocycles. The molecule has 1 aliphatic rings. The van der Waals surface area contributed by atoms with Crippen LogP contribution in [0.25, 0.3) is 21.8 Å². The summed E-state index contributed by atoms with van der Waals surface area (Å²) < 4.78 is 0. The number of hydrogen-bond acceptors (Lipinski definition) is 14. The standard InChI is InChI=1S/C60H82N14O12S2/c1-32(2)22-44-55(81)65-30-50(76)68-43(16-17-51(77)78)56(82)71-45(23-33(3)4)59(85)74-52(34(5)6)60(86)73-46(24-36-27-63-41-14-10-8-12-39(36)41)54(80)62-19-21-88-87-20-18-49(75)67-35(7)53(79)69-47(25-37-28-64-42-15-11-9-13-40(37)42)57(83)72-48(58(84)70-44)26-38-29-61-31-66-38/h8-15,27-29,31-35,43-48,52,63-64H,16-26,30H2,1-7H3,(H,61,66)(H,62,80)(H,65,81)(H,67,75)(H,68,76)(H,69,79)(H,70,84)(H,71,82)(H,72,83)(H,73,86)(H,74,85)(H,77,78)/t35-,43-,44-,45-,46-,47-,48-,52?/m0/s1. The summed E-state index contributed by atoms with van der Waals surface area (Å²) in [4.78, 5) is 166. The number of carbonyl (C=O) groups is 11. The van der Waals surface area contributed by atoms with Gasteiger partial charge in [-0.05, 0) is 67.2 Å². The van der Waals surface area contributed by atoms with Gasteiger partial charge >= 0.3 is 5.97 Å². The van der Waals surface area contributed by atoms with Crippen molar-refractivity contribution in [3.63, 3.8) is 0 Å². The lowest BCUT2D eigenvalue weighted by Gasteiger charge is -2.28. The highest BCUT2D eigenvalue weighted by Crippen LogP contribution is 2.23. The number of hydrogen-bond donors (Lipinski definition) is 14. The van der Waals surface area contributed by atoms with Gasteiger partial charge in [-0.3, -0.25) is 52.7 Å². The number of amides is 10. The first-order valence-corrected chi connectivity index (χ1v) is 31.9. The highest BCUT2D eigenvalue weighted by molar-refractivity contribution is 8.76. The lowest BCUT2D eigenvalue weighted by atomic mass is 9.98. The second-order valence-electron chi connectivity index (χ2n) is 22.9. The van der Waals surface area contributed by atoms with Crippen LogP contribution in [0, 0.1) is 17.8 Å². The summed E-state index contributed by atoms with van der Waals surface area (Å²) in [6.07, 6.45) is 5.28. The Labute approximate surface area is 517 Å². The number of H-pyrrole nitrogens is 3. The SMILES string of the molecule is CC(C)C[C@@H]1NC(=O)[C@H](Cc2c[nH]cn2)NC(=O)[C@H](Cc2c[nH]c3ccccc23)NC(=O)[C@H](C)NC(=O)CCSSCCNC(=O)[C@H](Cc2c[nH]c3ccccc23)NC(=O)C(C(C)C)NC(=O)[C@H](CC(C)C)NC(=O)[C@H](CCC(=O)O)NC(=O)CNC1=O. The third-order valence-electron chi connectivity index (χ3n) is 14.5. The van der Waals surface area contributed by atoms with E-state index in [1.54, 1.807) is 53.9 Å². The Morgan fingerprint density at radius 2 is 1.05 bits per heavy atom. The average molecular weight is 1260 g/mol. The van der Waals surface area contributed by atoms with Crippen LogP contribution < -0.4 is 53.2 Å². The second-order valence-corrected chi connectivity index (χ2v) is 25.6. The van der Waals surface area contributed by atoms with E-state index in [1.807, 2.05) is 48.5 Å². The molecule has 1 unspecified atom stereocenters. The number of rotatable bonds is 14. The van der Waals surface area contributed by atoms with Gasteiger partial charge in [-0.1, -0.05) is 99.5 Å². The number of benzene rings is 2. The van der Waals surface area contributed by atoms with Crippen LogP contribution in [0.2, 0.25) is 0 Å². The van der Waals surface area contributed by atoms with E-state index in [0.717, 1.165) is 27.4 Å². The van der Waals surface area contributed by atoms with Crippen LogP contribution in [0.15, 0.2) is 73.4 Å². The van der Waals surface area contributed by atoms with Gasteiger partial charge in [0.1, 0.15) is 48.3 Å². The summed E-state index contributed by atoms with van der Waals surface area (Å²) in [5.41, 5.74) is 3.34. The molecule has 28 heteroatoms. The van der Waals surface area contributed by atoms with Gasteiger partial charge in [-0.2, -0.15) is 0 Å². The molecule has 26 nitrogen and oxygen atoms in total. The van der Waals surface area contributed by atoms with Gasteiger partial charge in [0, 0.05) is 90.6 Å². The van der Waals surface area contributed by atoms with E-state index < -0.39 is 139 Å². The van der Waals surface area contributed by atoms with Crippen molar-refractivity contribution in [2.24, 2.45) is 17.8 Å². The number of para-hydroxylation sites is 2. The minimum absolute atomic E-state index is 0.0120. The fourth-order valence-corrected chi connectivity index (χ4v) is 11.8. The van der Waals surface area contributed by atoms with Crippen molar-refractivity contribution in [3.05, 3.63) is 90.3 Å². The number of nitrogens with one attached hydrogen (secondary N) is 13. The minimum Gasteiger partial charge on any atom is -0.481 e. The molecule has 10 amide bonds. The molecule has 8 atom stereocenters. The molecule has 88 heavy (non-hydrogen) atoms. The number of imidazole rings is 1. The maximum Gasteiger partial charge on any atom is 0.303 e. The summed E-state index contributed by atoms with van der Waals surface area (Å²) in [6, 6.07) is 4.49. The maximum atomic E-state index is 14.6. The van der Waals surface area contributed by atoms with Gasteiger partial charge in [0.15, 0.2) is 0 Å². The van der Waals surface area contributed by atoms with Crippen molar-refractivity contribution in [1.82, 2.24) is 73.1 Å². The van der Waals surface area contributed by atoms with Crippen LogP contribution in [0.3, 0.4) is 0 Å². The molecule has 1 fully saturated rings. The summed E-state index contributed by atoms with van der Waals surface area (Å²) in [6.45, 7) is 11.5. The van der Waals surface area contributed by atoms with E-state index in [0.29, 0.717) is 22.8 Å². The second kappa shape index (κ2) is 33.6. The Morgan fingerprint density at radius 3 is 1.61 bits per heavy atom. The molecule has 4 heterocycles. The Bertz CT molecular complexity index is 3240. The fourth-order valence-electron chi connectivity index (χ4n) is 9.89. The molecule has 2 aromatic carbocycles. The Morgan fingerprint density at radius 1 is 0.545 bits per heavy atom. The molecule has 0 bridgehead atoms. The zero-order valence-electron chi connectivity index (χ0n) is 50.5. The number of nitrogens with zero attached hydrogens (tertiary/aromatic N) is 1. The molecule has 3 aromatic heterocycles. The van der Waals surface area contributed by atoms with Crippen molar-refractivity contribution >= 4 is 108 Å². The summed E-state index contributed by atoms with van der Waals surface area (Å²) in [5.74, 6) is -8.90. The summed E-state index contributed by atoms with van der Waals surface area (Å²) >= 11 is 0. The van der Waals surface area contributed by atoms with E-state index in [9.17, 15) is 57.8 Å². The van der Waals surface area contributed by atoms with E-state index in [2.05, 4.69) is 73.1 Å². The molecular weight excluding hydrogens is 1170 g/mol. The zero-order valence-corrected chi connectivity index (χ0v) is 52.1. The van der Waals surface area contributed by atoms with Gasteiger partial charge in [0.05, 0.1) is 18.6 Å². The van der Waals surface area contributed by atoms with Gasteiger partial charge in [-0.25, -0.2) is 4.98 Å². The van der Waals surface area contributed by atoms with Crippen LogP contribution in [0.1, 0.15) is 97.4 Å². The number of aromatic amines is 3. The Hall–Kier alpha value is -8.40. The number of carbonyl (C=O) groups excluding carboxylic acids is 10. The summed E-state index contributed by atoms with van der Waals surface area (Å²) in [5, 5.41) is 38.3. The smallest absolute Gasteiger partial charge is 0.303 e. The van der Waals surface area contributed by atoms with Crippen LogP contribution in [-0.2, 0) is 72.0 Å². The van der Waals surface area contributed by atoms with E-state index in [1.165, 1.54) is 41.0 Å². The number of aromatic nitrogens is 4. The van der Waals surface area contributed by atoms with Crippen molar-refractivity contribution in [3.8, 4) is 0 Å². The average Bonchev–Trinajstić information content (AvgIpc) is 4.39. The van der Waals surface area contributed by atoms with Gasteiger partial charge in [0.2, 0.25) is 59.1 Å². The van der Waals surface area contributed by atoms with Crippen molar-refractivity contribution in [2.75, 3.05) is 24.6 Å². The van der Waals surface area contributed by atoms with E-state index >= 15 is 0 Å². The number of fused-ring (bicyclic) bond motifs is 2. The monoisotopic (exact) mass is 1250 g/mol. The molecule has 0 saturated carbocycles. The molecule has 0 spiro atoms. The highest BCUT2D eigenvalue weighted by atomic mass is 33.1. The van der Waals surface area contributed by atoms with Crippen LogP contribution in [0.5, 0.6) is 0 Å². The number of carboxylic acids is 1. The highest BCUT2D eigenvalue weighted by Gasteiger charge is 2.36. The number of carboxylic acid groups (broad SMARTS) is 1. The Balaban J connectivity index is 1.28. The lowest BCUT2D eigenvalue weighted by Crippen LogP contribution is -2.60. The first-order valence-electron chi connectivity index (χ1n) is 29.5. The first kappa shape index (κ1) is 68.7. The van der Waals surface area contributed by atoms with Crippen LogP contribution >= 0.6 is 21.6 Å². The fraction of sp³-hybridized carbons (Fsp3) is 0.500. The lowest BCUT2D eigenvalue weighted by molar-refractivity contribution is -0.138. The largest absolute Gasteiger partial charge is 0.481 e. The Kier molecular flexibility index (Phi) is 26.3. The molecule has 476 valence electrons. The molecule has 14 N–H and O–H groups in total. The zero-order chi connectivity index (χ0) is 64.0. The van der Waals surface area contributed by atoms with Gasteiger partial charge in [0.25, 0.3) is 0 Å². The maximum absolute atomic E-state index is 14.6. The normalized spacial score (nSPS) is 23.1. The predicted octanol–water partition coefficient (Wildman–Crippen LogP) is 1.93. The molecule has 1 aliphatic heterocycles. The van der Waals surface area contributed by atoms with E-state index in [-0.39, 0.29) is 56.9 Å². The summed E-state index contributed by atoms with van der Waals surface area (Å²) in [7, 11) is 2.75. The van der Waals surface area contributed by atoms with Gasteiger partial charge in [-0.15, -0.1) is 0 Å². The first-order chi connectivity index (χ1) is 41.9. The van der Waals surface area contributed by atoms with Crippen molar-refractivity contribution in [2.45, 2.75) is 148 Å². The predicted molar refractivity (Wildman–Crippen MR) is 334 cm³/mol. The topological polar surface area (TPSA) is 389 Å². The number of aliphatic carboxylic acids is 1. The third kappa shape index (κ3) is 21.2. The van der Waals surface area contributed by atoms with Crippen molar-refractivity contribution < 1.29 is 57.8 Å². The minimum atomic E-state index is -1.54. The van der Waals surface area contributed by atoms with Crippen molar-refractivity contribution in [1.29, 1.82) is 0 Å². The van der Waals surface area contributed by atoms with Gasteiger partial charge < -0.3 is 73.2 Å². The van der Waals surface area contributed by atoms with Crippen LogP contribution in [0.4, 0.5) is 0 Å². The third-order valence-corrected chi connectivity index (χ3v) is 16.9. The molecule has 6 rings (SSSR count). The molecule has 0 radical (unpaired) electrons. The molecular formula is C60H82N14O12S2. The quantitative estimate of drug-likeness (QED) is 0.0707. The molecule has 1 saturated heterocycles. The van der Waals surface area contributed by atoms with Crippen LogP contribution in [-0.4, -0.2) is 163 Å². The van der Waals surface area contributed by atoms with E-state index in [4.69, 9.17) is 0 Å². The molecule has 5 aromatic rings.